The minimum atomic E-state index is -0.266. The van der Waals surface area contributed by atoms with Crippen molar-refractivity contribution in [3.63, 3.8) is 0 Å². The lowest BCUT2D eigenvalue weighted by molar-refractivity contribution is -0.139. The van der Waals surface area contributed by atoms with Gasteiger partial charge in [0.2, 0.25) is 11.2 Å². The second-order valence-electron chi connectivity index (χ2n) is 7.71. The van der Waals surface area contributed by atoms with Crippen molar-refractivity contribution in [1.29, 1.82) is 0 Å². The second kappa shape index (κ2) is 8.11. The smallest absolute Gasteiger partial charge is 0.314 e. The highest BCUT2D eigenvalue weighted by Crippen LogP contribution is 2.28. The second-order valence-corrected chi connectivity index (χ2v) is 7.71. The standard InChI is InChI=1S/C24H24O5/c1-15-8-9-16(2)20(12-15)29-22-14-27-21-13-18(10-11-19(21)23(22)25)28-24(26)17-6-4-3-5-7-17/h8-14,17H,3-7H2,1-2H3. The molecule has 2 aromatic carbocycles. The van der Waals surface area contributed by atoms with Crippen LogP contribution in [0.2, 0.25) is 0 Å². The van der Waals surface area contributed by atoms with E-state index in [9.17, 15) is 9.59 Å². The molecule has 0 aliphatic heterocycles. The highest BCUT2D eigenvalue weighted by molar-refractivity contribution is 5.81. The van der Waals surface area contributed by atoms with Gasteiger partial charge >= 0.3 is 5.97 Å². The molecule has 1 aromatic heterocycles. The quantitative estimate of drug-likeness (QED) is 0.422. The van der Waals surface area contributed by atoms with Crippen molar-refractivity contribution in [2.75, 3.05) is 0 Å². The van der Waals surface area contributed by atoms with Gasteiger partial charge < -0.3 is 13.9 Å². The van der Waals surface area contributed by atoms with Crippen LogP contribution in [-0.2, 0) is 4.79 Å². The van der Waals surface area contributed by atoms with E-state index in [4.69, 9.17) is 13.9 Å². The van der Waals surface area contributed by atoms with Crippen LogP contribution in [0.3, 0.4) is 0 Å². The Kier molecular flexibility index (Phi) is 5.38. The third kappa shape index (κ3) is 4.19. The zero-order chi connectivity index (χ0) is 20.4. The molecule has 5 nitrogen and oxygen atoms in total. The number of carbonyl (C=O) groups excluding carboxylic acids is 1. The molecule has 5 heteroatoms. The van der Waals surface area contributed by atoms with Crippen molar-refractivity contribution in [3.8, 4) is 17.2 Å². The van der Waals surface area contributed by atoms with Crippen LogP contribution in [-0.4, -0.2) is 5.97 Å². The van der Waals surface area contributed by atoms with Crippen LogP contribution >= 0.6 is 0 Å². The van der Waals surface area contributed by atoms with Crippen LogP contribution in [0.1, 0.15) is 43.2 Å². The molecule has 0 spiro atoms. The first kappa shape index (κ1) is 19.2. The predicted molar refractivity (Wildman–Crippen MR) is 111 cm³/mol. The lowest BCUT2D eigenvalue weighted by Gasteiger charge is -2.19. The van der Waals surface area contributed by atoms with Gasteiger partial charge in [-0.1, -0.05) is 31.4 Å². The summed E-state index contributed by atoms with van der Waals surface area (Å²) in [5, 5.41) is 0.380. The van der Waals surface area contributed by atoms with E-state index in [0.717, 1.165) is 36.8 Å². The molecule has 1 fully saturated rings. The Morgan fingerprint density at radius 3 is 2.59 bits per heavy atom. The third-order valence-electron chi connectivity index (χ3n) is 5.43. The Hall–Kier alpha value is -3.08. The maximum Gasteiger partial charge on any atom is 0.314 e. The number of fused-ring (bicyclic) bond motifs is 1. The normalized spacial score (nSPS) is 14.7. The first-order valence-electron chi connectivity index (χ1n) is 10.0. The van der Waals surface area contributed by atoms with Gasteiger partial charge in [0.25, 0.3) is 0 Å². The lowest BCUT2D eigenvalue weighted by atomic mass is 9.89. The van der Waals surface area contributed by atoms with Crippen molar-refractivity contribution in [1.82, 2.24) is 0 Å². The Morgan fingerprint density at radius 2 is 1.79 bits per heavy atom. The summed E-state index contributed by atoms with van der Waals surface area (Å²) in [6, 6.07) is 10.6. The fraction of sp³-hybridized carbons (Fsp3) is 0.333. The number of benzene rings is 2. The zero-order valence-electron chi connectivity index (χ0n) is 16.7. The molecule has 1 saturated carbocycles. The lowest BCUT2D eigenvalue weighted by Crippen LogP contribution is -2.22. The van der Waals surface area contributed by atoms with Gasteiger partial charge in [-0.2, -0.15) is 0 Å². The number of aryl methyl sites for hydroxylation is 2. The zero-order valence-corrected chi connectivity index (χ0v) is 16.7. The monoisotopic (exact) mass is 392 g/mol. The first-order valence-corrected chi connectivity index (χ1v) is 10.0. The summed E-state index contributed by atoms with van der Waals surface area (Å²) in [6.45, 7) is 3.88. The van der Waals surface area contributed by atoms with Crippen LogP contribution in [0.25, 0.3) is 11.0 Å². The molecular weight excluding hydrogens is 368 g/mol. The van der Waals surface area contributed by atoms with E-state index in [0.29, 0.717) is 22.5 Å². The van der Waals surface area contributed by atoms with Crippen LogP contribution in [0.4, 0.5) is 0 Å². The van der Waals surface area contributed by atoms with Gasteiger partial charge in [0.15, 0.2) is 0 Å². The van der Waals surface area contributed by atoms with E-state index in [-0.39, 0.29) is 23.1 Å². The van der Waals surface area contributed by atoms with Crippen molar-refractivity contribution in [2.45, 2.75) is 46.0 Å². The summed E-state index contributed by atoms with van der Waals surface area (Å²) < 4.78 is 17.0. The molecule has 0 radical (unpaired) electrons. The average molecular weight is 392 g/mol. The number of ether oxygens (including phenoxy) is 2. The molecule has 29 heavy (non-hydrogen) atoms. The molecule has 0 bridgehead atoms. The highest BCUT2D eigenvalue weighted by Gasteiger charge is 2.23. The number of carbonyl (C=O) groups is 1. The van der Waals surface area contributed by atoms with Crippen LogP contribution < -0.4 is 14.9 Å². The van der Waals surface area contributed by atoms with Crippen LogP contribution in [0, 0.1) is 19.8 Å². The van der Waals surface area contributed by atoms with Gasteiger partial charge in [0.05, 0.1) is 11.3 Å². The molecule has 4 rings (SSSR count). The summed E-state index contributed by atoms with van der Waals surface area (Å²) in [5.74, 6) is 0.883. The molecule has 1 heterocycles. The van der Waals surface area contributed by atoms with Crippen molar-refractivity contribution >= 4 is 16.9 Å². The Bertz CT molecular complexity index is 1110. The number of hydrogen-bond donors (Lipinski definition) is 0. The fourth-order valence-corrected chi connectivity index (χ4v) is 3.70. The van der Waals surface area contributed by atoms with E-state index in [1.807, 2.05) is 32.0 Å². The topological polar surface area (TPSA) is 65.7 Å². The minimum absolute atomic E-state index is 0.0419. The molecule has 0 saturated heterocycles. The molecule has 0 atom stereocenters. The molecule has 0 unspecified atom stereocenters. The molecule has 150 valence electrons. The van der Waals surface area contributed by atoms with E-state index in [2.05, 4.69) is 0 Å². The Labute approximate surface area is 169 Å². The number of esters is 1. The molecule has 0 N–H and O–H groups in total. The number of rotatable bonds is 4. The first-order chi connectivity index (χ1) is 14.0. The van der Waals surface area contributed by atoms with Crippen LogP contribution in [0.5, 0.6) is 17.2 Å². The van der Waals surface area contributed by atoms with Gasteiger partial charge in [-0.05, 0) is 56.0 Å². The van der Waals surface area contributed by atoms with Crippen molar-refractivity contribution < 1.29 is 18.7 Å². The molecule has 0 amide bonds. The highest BCUT2D eigenvalue weighted by atomic mass is 16.5. The van der Waals surface area contributed by atoms with E-state index in [1.165, 1.54) is 12.7 Å². The third-order valence-corrected chi connectivity index (χ3v) is 5.43. The van der Waals surface area contributed by atoms with E-state index >= 15 is 0 Å². The van der Waals surface area contributed by atoms with Gasteiger partial charge in [-0.25, -0.2) is 0 Å². The Balaban J connectivity index is 1.57. The summed E-state index contributed by atoms with van der Waals surface area (Å²) >= 11 is 0. The Morgan fingerprint density at radius 1 is 1.00 bits per heavy atom. The predicted octanol–water partition coefficient (Wildman–Crippen LogP) is 5.69. The molecule has 1 aliphatic rings. The van der Waals surface area contributed by atoms with Crippen molar-refractivity contribution in [3.05, 3.63) is 64.0 Å². The maximum absolute atomic E-state index is 12.8. The van der Waals surface area contributed by atoms with Crippen LogP contribution in [0.15, 0.2) is 51.9 Å². The van der Waals surface area contributed by atoms with Gasteiger partial charge in [-0.3, -0.25) is 9.59 Å². The summed E-state index contributed by atoms with van der Waals surface area (Å²) in [5.41, 5.74) is 2.06. The van der Waals surface area contributed by atoms with Gasteiger partial charge in [-0.15, -0.1) is 0 Å². The molecule has 1 aliphatic carbocycles. The summed E-state index contributed by atoms with van der Waals surface area (Å²) in [6.07, 6.45) is 6.36. The maximum atomic E-state index is 12.8. The van der Waals surface area contributed by atoms with Gasteiger partial charge in [0, 0.05) is 6.07 Å². The van der Waals surface area contributed by atoms with E-state index < -0.39 is 0 Å². The minimum Gasteiger partial charge on any atom is -0.460 e. The summed E-state index contributed by atoms with van der Waals surface area (Å²) in [4.78, 5) is 25.2. The average Bonchev–Trinajstić information content (AvgIpc) is 2.73. The summed E-state index contributed by atoms with van der Waals surface area (Å²) in [7, 11) is 0. The molecular formula is C24H24O5. The molecule has 3 aromatic rings. The van der Waals surface area contributed by atoms with Gasteiger partial charge in [0.1, 0.15) is 23.3 Å². The van der Waals surface area contributed by atoms with Crippen molar-refractivity contribution in [2.24, 2.45) is 5.92 Å². The largest absolute Gasteiger partial charge is 0.460 e. The van der Waals surface area contributed by atoms with E-state index in [1.54, 1.807) is 18.2 Å². The fourth-order valence-electron chi connectivity index (χ4n) is 3.70. The SMILES string of the molecule is Cc1ccc(C)c(Oc2coc3cc(OC(=O)C4CCCCC4)ccc3c2=O)c1. The number of hydrogen-bond acceptors (Lipinski definition) is 5.